The number of amides is 2. The lowest BCUT2D eigenvalue weighted by atomic mass is 9.94. The van der Waals surface area contributed by atoms with Crippen LogP contribution >= 0.6 is 0 Å². The fourth-order valence-corrected chi connectivity index (χ4v) is 6.89. The Morgan fingerprint density at radius 3 is 2.25 bits per heavy atom. The molecule has 1 saturated carbocycles. The first kappa shape index (κ1) is 33.2. The van der Waals surface area contributed by atoms with Crippen molar-refractivity contribution in [3.63, 3.8) is 0 Å². The fourth-order valence-electron chi connectivity index (χ4n) is 5.87. The number of anilines is 1. The van der Waals surface area contributed by atoms with Gasteiger partial charge in [0.1, 0.15) is 11.9 Å². The van der Waals surface area contributed by atoms with Gasteiger partial charge in [-0.05, 0) is 73.6 Å². The Kier molecular flexibility index (Phi) is 11.6. The minimum atomic E-state index is -3.61. The van der Waals surface area contributed by atoms with Gasteiger partial charge in [0.15, 0.2) is 0 Å². The van der Waals surface area contributed by atoms with Gasteiger partial charge >= 0.3 is 0 Å². The number of hydrogen-bond acceptors (Lipinski definition) is 4. The summed E-state index contributed by atoms with van der Waals surface area (Å²) in [6, 6.07) is 20.4. The van der Waals surface area contributed by atoms with E-state index in [0.717, 1.165) is 48.8 Å². The van der Waals surface area contributed by atoms with E-state index in [4.69, 9.17) is 0 Å². The average Bonchev–Trinajstić information content (AvgIpc) is 3.00. The quantitative estimate of drug-likeness (QED) is 0.251. The normalized spacial score (nSPS) is 14.5. The Bertz CT molecular complexity index is 1510. The van der Waals surface area contributed by atoms with Crippen molar-refractivity contribution in [2.75, 3.05) is 17.1 Å². The summed E-state index contributed by atoms with van der Waals surface area (Å²) in [6.45, 7) is 4.07. The Labute approximate surface area is 261 Å². The molecule has 1 aliphatic rings. The van der Waals surface area contributed by atoms with Crippen LogP contribution in [0.5, 0.6) is 0 Å². The molecule has 0 radical (unpaired) electrons. The third kappa shape index (κ3) is 9.14. The van der Waals surface area contributed by atoms with Crippen molar-refractivity contribution in [3.8, 4) is 0 Å². The Balaban J connectivity index is 1.60. The molecular formula is C35H44FN3O4S. The number of hydrogen-bond donors (Lipinski definition) is 1. The van der Waals surface area contributed by atoms with Gasteiger partial charge in [-0.15, -0.1) is 0 Å². The van der Waals surface area contributed by atoms with Gasteiger partial charge in [-0.1, -0.05) is 73.9 Å². The molecule has 0 unspecified atom stereocenters. The van der Waals surface area contributed by atoms with Crippen LogP contribution in [0.25, 0.3) is 0 Å². The van der Waals surface area contributed by atoms with E-state index in [2.05, 4.69) is 5.32 Å². The molecule has 1 N–H and O–H groups in total. The third-order valence-corrected chi connectivity index (χ3v) is 9.67. The SMILES string of the molecule is Cc1cccc(N(CCCC(=O)N(Cc2ccc(F)cc2)[C@H](Cc2ccccc2)C(=O)NC2CCCCC2)S(C)(=O)=O)c1C. The van der Waals surface area contributed by atoms with Crippen LogP contribution < -0.4 is 9.62 Å². The maximum atomic E-state index is 14.0. The molecule has 236 valence electrons. The Hall–Kier alpha value is -3.72. The first-order chi connectivity index (χ1) is 21.0. The molecule has 9 heteroatoms. The lowest BCUT2D eigenvalue weighted by molar-refractivity contribution is -0.141. The highest BCUT2D eigenvalue weighted by Gasteiger charge is 2.32. The minimum absolute atomic E-state index is 0.0417. The molecule has 4 rings (SSSR count). The number of carbonyl (C=O) groups excluding carboxylic acids is 2. The highest BCUT2D eigenvalue weighted by atomic mass is 32.2. The van der Waals surface area contributed by atoms with Crippen molar-refractivity contribution in [1.82, 2.24) is 10.2 Å². The zero-order chi connectivity index (χ0) is 31.7. The number of benzene rings is 3. The zero-order valence-corrected chi connectivity index (χ0v) is 26.8. The minimum Gasteiger partial charge on any atom is -0.352 e. The molecular weight excluding hydrogens is 577 g/mol. The van der Waals surface area contributed by atoms with E-state index < -0.39 is 16.1 Å². The Morgan fingerprint density at radius 1 is 0.909 bits per heavy atom. The topological polar surface area (TPSA) is 86.8 Å². The number of rotatable bonds is 13. The first-order valence-electron chi connectivity index (χ1n) is 15.4. The van der Waals surface area contributed by atoms with Crippen LogP contribution in [-0.2, 0) is 32.6 Å². The van der Waals surface area contributed by atoms with E-state index in [0.29, 0.717) is 17.7 Å². The monoisotopic (exact) mass is 621 g/mol. The maximum Gasteiger partial charge on any atom is 0.243 e. The van der Waals surface area contributed by atoms with Gasteiger partial charge in [-0.2, -0.15) is 0 Å². The molecule has 1 aliphatic carbocycles. The summed E-state index contributed by atoms with van der Waals surface area (Å²) >= 11 is 0. The fraction of sp³-hybridized carbons (Fsp3) is 0.429. The van der Waals surface area contributed by atoms with Gasteiger partial charge in [-0.3, -0.25) is 13.9 Å². The maximum absolute atomic E-state index is 14.0. The standard InChI is InChI=1S/C35H44FN3O4S/c1-26-12-10-17-32(27(26)2)39(44(3,42)43)23-11-18-34(40)38(25-29-19-21-30(36)22-20-29)33(24-28-13-6-4-7-14-28)35(41)37-31-15-8-5-9-16-31/h4,6-7,10,12-14,17,19-22,31,33H,5,8-9,11,15-16,18,23-25H2,1-3H3,(H,37,41)/t33-/m1/s1. The van der Waals surface area contributed by atoms with Crippen molar-refractivity contribution < 1.29 is 22.4 Å². The van der Waals surface area contributed by atoms with Crippen LogP contribution in [-0.4, -0.2) is 50.0 Å². The molecule has 3 aromatic carbocycles. The van der Waals surface area contributed by atoms with Crippen molar-refractivity contribution in [1.29, 1.82) is 0 Å². The number of sulfonamides is 1. The summed E-state index contributed by atoms with van der Waals surface area (Å²) in [5.74, 6) is -0.845. The largest absolute Gasteiger partial charge is 0.352 e. The van der Waals surface area contributed by atoms with Gasteiger partial charge < -0.3 is 10.2 Å². The number of aryl methyl sites for hydroxylation is 1. The molecule has 7 nitrogen and oxygen atoms in total. The smallest absolute Gasteiger partial charge is 0.243 e. The highest BCUT2D eigenvalue weighted by molar-refractivity contribution is 7.92. The van der Waals surface area contributed by atoms with Crippen molar-refractivity contribution in [2.24, 2.45) is 0 Å². The highest BCUT2D eigenvalue weighted by Crippen LogP contribution is 2.26. The number of nitrogens with one attached hydrogen (secondary N) is 1. The van der Waals surface area contributed by atoms with E-state index in [9.17, 15) is 22.4 Å². The van der Waals surface area contributed by atoms with Gasteiger partial charge in [0.25, 0.3) is 0 Å². The molecule has 0 aromatic heterocycles. The van der Waals surface area contributed by atoms with E-state index in [1.54, 1.807) is 23.1 Å². The second-order valence-electron chi connectivity index (χ2n) is 11.9. The van der Waals surface area contributed by atoms with Crippen LogP contribution in [0.1, 0.15) is 67.2 Å². The van der Waals surface area contributed by atoms with Crippen molar-refractivity contribution >= 4 is 27.5 Å². The van der Waals surface area contributed by atoms with Crippen LogP contribution in [0, 0.1) is 19.7 Å². The van der Waals surface area contributed by atoms with Crippen molar-refractivity contribution in [2.45, 2.75) is 83.8 Å². The molecule has 2 amide bonds. The van der Waals surface area contributed by atoms with Crippen molar-refractivity contribution in [3.05, 3.63) is 101 Å². The Morgan fingerprint density at radius 2 is 1.59 bits per heavy atom. The summed E-state index contributed by atoms with van der Waals surface area (Å²) in [5, 5.41) is 3.22. The number of halogens is 1. The molecule has 1 fully saturated rings. The van der Waals surface area contributed by atoms with E-state index in [1.807, 2.05) is 56.3 Å². The first-order valence-corrected chi connectivity index (χ1v) is 17.3. The summed E-state index contributed by atoms with van der Waals surface area (Å²) in [4.78, 5) is 29.5. The molecule has 0 saturated heterocycles. The number of nitrogens with zero attached hydrogens (tertiary/aromatic N) is 2. The van der Waals surface area contributed by atoms with Crippen LogP contribution in [0.3, 0.4) is 0 Å². The van der Waals surface area contributed by atoms with Gasteiger partial charge in [-0.25, -0.2) is 12.8 Å². The van der Waals surface area contributed by atoms with E-state index in [1.165, 1.54) is 22.7 Å². The van der Waals surface area contributed by atoms with Crippen LogP contribution in [0.2, 0.25) is 0 Å². The molecule has 0 aliphatic heterocycles. The average molecular weight is 622 g/mol. The molecule has 44 heavy (non-hydrogen) atoms. The third-order valence-electron chi connectivity index (χ3n) is 8.49. The van der Waals surface area contributed by atoms with E-state index >= 15 is 0 Å². The van der Waals surface area contributed by atoms with E-state index in [-0.39, 0.29) is 49.6 Å². The summed E-state index contributed by atoms with van der Waals surface area (Å²) in [7, 11) is -3.61. The molecule has 3 aromatic rings. The summed E-state index contributed by atoms with van der Waals surface area (Å²) in [6.07, 6.45) is 6.90. The molecule has 1 atom stereocenters. The molecule has 0 bridgehead atoms. The van der Waals surface area contributed by atoms with Crippen LogP contribution in [0.4, 0.5) is 10.1 Å². The second kappa shape index (κ2) is 15.3. The van der Waals surface area contributed by atoms with Gasteiger partial charge in [0.2, 0.25) is 21.8 Å². The molecule has 0 spiro atoms. The predicted octanol–water partition coefficient (Wildman–Crippen LogP) is 6.08. The predicted molar refractivity (Wildman–Crippen MR) is 173 cm³/mol. The summed E-state index contributed by atoms with van der Waals surface area (Å²) < 4.78 is 40.7. The lowest BCUT2D eigenvalue weighted by Crippen LogP contribution is -2.52. The molecule has 0 heterocycles. The number of carbonyl (C=O) groups is 2. The summed E-state index contributed by atoms with van der Waals surface area (Å²) in [5.41, 5.74) is 4.06. The van der Waals surface area contributed by atoms with Gasteiger partial charge in [0, 0.05) is 32.0 Å². The van der Waals surface area contributed by atoms with Crippen LogP contribution in [0.15, 0.2) is 72.8 Å². The zero-order valence-electron chi connectivity index (χ0n) is 26.0. The lowest BCUT2D eigenvalue weighted by Gasteiger charge is -2.34. The van der Waals surface area contributed by atoms with Gasteiger partial charge in [0.05, 0.1) is 11.9 Å². The second-order valence-corrected chi connectivity index (χ2v) is 13.8.